The second kappa shape index (κ2) is 41.9. The number of unbranched alkanes of at least 4 members (excludes halogenated alkanes) is 28. The highest BCUT2D eigenvalue weighted by molar-refractivity contribution is 5.71. The Bertz CT molecular complexity index is 809. The molecule has 0 aliphatic heterocycles. The summed E-state index contributed by atoms with van der Waals surface area (Å²) in [6, 6.07) is 0. The molecule has 6 nitrogen and oxygen atoms in total. The van der Waals surface area contributed by atoms with Gasteiger partial charge in [0.1, 0.15) is 13.2 Å². The fourth-order valence-corrected chi connectivity index (χ4v) is 6.55. The smallest absolute Gasteiger partial charge is 0.306 e. The summed E-state index contributed by atoms with van der Waals surface area (Å²) in [7, 11) is 0. The third-order valence-corrected chi connectivity index (χ3v) is 10.0. The maximum atomic E-state index is 12.7. The number of allylic oxidation sites excluding steroid dienone is 2. The topological polar surface area (TPSA) is 78.9 Å². The van der Waals surface area contributed by atoms with Gasteiger partial charge in [-0.25, -0.2) is 0 Å². The van der Waals surface area contributed by atoms with Crippen molar-refractivity contribution in [2.24, 2.45) is 0 Å². The lowest BCUT2D eigenvalue weighted by Gasteiger charge is -2.18. The Morgan fingerprint density at radius 2 is 0.635 bits per heavy atom. The lowest BCUT2D eigenvalue weighted by molar-refractivity contribution is -0.167. The molecule has 6 heteroatoms. The molecule has 0 aromatic heterocycles. The molecular formula is C46H86O6. The summed E-state index contributed by atoms with van der Waals surface area (Å²) < 4.78 is 16.7. The monoisotopic (exact) mass is 735 g/mol. The minimum atomic E-state index is -0.766. The molecule has 0 aromatic carbocycles. The number of rotatable bonds is 41. The van der Waals surface area contributed by atoms with Gasteiger partial charge in [0, 0.05) is 19.3 Å². The molecule has 0 spiro atoms. The fraction of sp³-hybridized carbons (Fsp3) is 0.891. The van der Waals surface area contributed by atoms with Crippen molar-refractivity contribution in [3.8, 4) is 0 Å². The van der Waals surface area contributed by atoms with Crippen LogP contribution in [0, 0.1) is 0 Å². The molecule has 1 atom stereocenters. The first-order chi connectivity index (χ1) is 25.5. The molecule has 0 radical (unpaired) electrons. The lowest BCUT2D eigenvalue weighted by atomic mass is 10.0. The second-order valence-electron chi connectivity index (χ2n) is 15.3. The van der Waals surface area contributed by atoms with Crippen molar-refractivity contribution in [3.63, 3.8) is 0 Å². The van der Waals surface area contributed by atoms with Gasteiger partial charge in [-0.15, -0.1) is 0 Å². The zero-order valence-electron chi connectivity index (χ0n) is 34.8. The Hall–Kier alpha value is -1.85. The standard InChI is InChI=1S/C46H86O6/c1-4-7-10-13-16-19-21-23-25-27-30-33-36-39-45(48)51-42-43(41-50-44(47)38-35-32-29-26-18-15-12-9-6-3)52-46(49)40-37-34-31-28-24-22-20-17-14-11-8-5-2/h23,25,43H,4-22,24,26-42H2,1-3H3/b25-23-. The Balaban J connectivity index is 4.35. The van der Waals surface area contributed by atoms with Crippen LogP contribution in [0.5, 0.6) is 0 Å². The van der Waals surface area contributed by atoms with Crippen LogP contribution >= 0.6 is 0 Å². The van der Waals surface area contributed by atoms with Crippen molar-refractivity contribution < 1.29 is 28.6 Å². The Morgan fingerprint density at radius 1 is 0.365 bits per heavy atom. The molecular weight excluding hydrogens is 648 g/mol. The van der Waals surface area contributed by atoms with Gasteiger partial charge < -0.3 is 14.2 Å². The molecule has 52 heavy (non-hydrogen) atoms. The van der Waals surface area contributed by atoms with E-state index in [1.54, 1.807) is 0 Å². The van der Waals surface area contributed by atoms with Crippen molar-refractivity contribution in [2.45, 2.75) is 252 Å². The van der Waals surface area contributed by atoms with E-state index < -0.39 is 6.10 Å². The normalized spacial score (nSPS) is 12.0. The van der Waals surface area contributed by atoms with Crippen LogP contribution in [0.15, 0.2) is 12.2 Å². The number of hydrogen-bond acceptors (Lipinski definition) is 6. The van der Waals surface area contributed by atoms with Crippen molar-refractivity contribution in [1.82, 2.24) is 0 Å². The van der Waals surface area contributed by atoms with Crippen molar-refractivity contribution in [2.75, 3.05) is 13.2 Å². The Labute approximate surface area is 322 Å². The predicted octanol–water partition coefficient (Wildman–Crippen LogP) is 14.3. The van der Waals surface area contributed by atoms with Crippen LogP contribution < -0.4 is 0 Å². The van der Waals surface area contributed by atoms with Gasteiger partial charge in [-0.3, -0.25) is 14.4 Å². The Kier molecular flexibility index (Phi) is 40.4. The molecule has 0 fully saturated rings. The van der Waals surface area contributed by atoms with E-state index in [4.69, 9.17) is 14.2 Å². The molecule has 0 rings (SSSR count). The molecule has 0 heterocycles. The first-order valence-corrected chi connectivity index (χ1v) is 22.7. The summed E-state index contributed by atoms with van der Waals surface area (Å²) in [6.45, 7) is 6.60. The molecule has 306 valence electrons. The third kappa shape index (κ3) is 39.4. The average Bonchev–Trinajstić information content (AvgIpc) is 3.14. The fourth-order valence-electron chi connectivity index (χ4n) is 6.55. The predicted molar refractivity (Wildman–Crippen MR) is 220 cm³/mol. The first-order valence-electron chi connectivity index (χ1n) is 22.7. The number of carbonyl (C=O) groups excluding carboxylic acids is 3. The highest BCUT2D eigenvalue weighted by Gasteiger charge is 2.19. The third-order valence-electron chi connectivity index (χ3n) is 10.0. The molecule has 0 N–H and O–H groups in total. The number of hydrogen-bond donors (Lipinski definition) is 0. The van der Waals surface area contributed by atoms with E-state index in [-0.39, 0.29) is 31.1 Å². The molecule has 0 saturated heterocycles. The maximum absolute atomic E-state index is 12.7. The van der Waals surface area contributed by atoms with E-state index in [1.165, 1.54) is 135 Å². The lowest BCUT2D eigenvalue weighted by Crippen LogP contribution is -2.30. The Morgan fingerprint density at radius 3 is 0.981 bits per heavy atom. The summed E-state index contributed by atoms with van der Waals surface area (Å²) in [5, 5.41) is 0. The van der Waals surface area contributed by atoms with Crippen molar-refractivity contribution in [3.05, 3.63) is 12.2 Å². The zero-order valence-corrected chi connectivity index (χ0v) is 34.8. The molecule has 0 aromatic rings. The van der Waals surface area contributed by atoms with Gasteiger partial charge in [0.05, 0.1) is 0 Å². The summed E-state index contributed by atoms with van der Waals surface area (Å²) >= 11 is 0. The van der Waals surface area contributed by atoms with Crippen LogP contribution in [0.3, 0.4) is 0 Å². The summed E-state index contributed by atoms with van der Waals surface area (Å²) in [5.41, 5.74) is 0. The quantitative estimate of drug-likeness (QED) is 0.0269. The highest BCUT2D eigenvalue weighted by Crippen LogP contribution is 2.15. The number of carbonyl (C=O) groups is 3. The highest BCUT2D eigenvalue weighted by atomic mass is 16.6. The van der Waals surface area contributed by atoms with E-state index in [2.05, 4.69) is 32.9 Å². The largest absolute Gasteiger partial charge is 0.462 e. The van der Waals surface area contributed by atoms with E-state index >= 15 is 0 Å². The van der Waals surface area contributed by atoms with Crippen LogP contribution in [0.2, 0.25) is 0 Å². The number of ether oxygens (including phenoxy) is 3. The van der Waals surface area contributed by atoms with Gasteiger partial charge >= 0.3 is 17.9 Å². The van der Waals surface area contributed by atoms with Crippen LogP contribution in [0.1, 0.15) is 245 Å². The minimum absolute atomic E-state index is 0.0706. The van der Waals surface area contributed by atoms with Crippen LogP contribution in [-0.2, 0) is 28.6 Å². The van der Waals surface area contributed by atoms with Crippen LogP contribution in [0.25, 0.3) is 0 Å². The van der Waals surface area contributed by atoms with Crippen molar-refractivity contribution in [1.29, 1.82) is 0 Å². The molecule has 0 saturated carbocycles. The van der Waals surface area contributed by atoms with E-state index in [0.717, 1.165) is 70.6 Å². The molecule has 0 amide bonds. The van der Waals surface area contributed by atoms with Crippen molar-refractivity contribution >= 4 is 17.9 Å². The number of esters is 3. The van der Waals surface area contributed by atoms with Gasteiger partial charge in [-0.1, -0.05) is 193 Å². The van der Waals surface area contributed by atoms with Gasteiger partial charge in [0.15, 0.2) is 6.10 Å². The average molecular weight is 735 g/mol. The van der Waals surface area contributed by atoms with Gasteiger partial charge in [0.2, 0.25) is 0 Å². The molecule has 1 unspecified atom stereocenters. The van der Waals surface area contributed by atoms with Crippen LogP contribution in [-0.4, -0.2) is 37.2 Å². The van der Waals surface area contributed by atoms with E-state index in [9.17, 15) is 14.4 Å². The molecule has 0 aliphatic carbocycles. The van der Waals surface area contributed by atoms with Gasteiger partial charge in [0.25, 0.3) is 0 Å². The molecule has 0 aliphatic rings. The first kappa shape index (κ1) is 50.1. The second-order valence-corrected chi connectivity index (χ2v) is 15.3. The summed E-state index contributed by atoms with van der Waals surface area (Å²) in [4.78, 5) is 37.6. The summed E-state index contributed by atoms with van der Waals surface area (Å²) in [6.07, 6.45) is 43.3. The summed E-state index contributed by atoms with van der Waals surface area (Å²) in [5.74, 6) is -0.883. The molecule has 0 bridgehead atoms. The van der Waals surface area contributed by atoms with Crippen LogP contribution in [0.4, 0.5) is 0 Å². The zero-order chi connectivity index (χ0) is 38.0. The van der Waals surface area contributed by atoms with E-state index in [0.29, 0.717) is 19.3 Å². The SMILES string of the molecule is CCCCCCCC/C=C\CCCCCC(=O)OCC(COC(=O)CCCCCCCCCCC)OC(=O)CCCCCCCCCCCCCC. The van der Waals surface area contributed by atoms with Gasteiger partial charge in [-0.2, -0.15) is 0 Å². The van der Waals surface area contributed by atoms with E-state index in [1.807, 2.05) is 0 Å². The maximum Gasteiger partial charge on any atom is 0.306 e. The minimum Gasteiger partial charge on any atom is -0.462 e. The van der Waals surface area contributed by atoms with Gasteiger partial charge in [-0.05, 0) is 44.9 Å².